The number of hydrogen-bond donors (Lipinski definition) is 1. The first-order valence-corrected chi connectivity index (χ1v) is 5.32. The molecule has 0 spiro atoms. The number of nitrogens with zero attached hydrogens (tertiary/aromatic N) is 2. The highest BCUT2D eigenvalue weighted by molar-refractivity contribution is 6.33. The second kappa shape index (κ2) is 4.99. The van der Waals surface area contributed by atoms with E-state index < -0.39 is 23.1 Å². The topological polar surface area (TPSA) is 37.8 Å². The predicted octanol–water partition coefficient (Wildman–Crippen LogP) is 3.94. The molecule has 1 aromatic carbocycles. The maximum absolute atomic E-state index is 13.4. The van der Waals surface area contributed by atoms with Gasteiger partial charge < -0.3 is 5.32 Å². The minimum Gasteiger partial charge on any atom is -0.336 e. The summed E-state index contributed by atoms with van der Waals surface area (Å²) in [7, 11) is 0. The van der Waals surface area contributed by atoms with Gasteiger partial charge in [0.2, 0.25) is 5.28 Å². The lowest BCUT2D eigenvalue weighted by atomic mass is 10.3. The standard InChI is InChI=1S/C10H4Cl2F3N3/c11-5-3-16-10(12)18-9(5)17-7-2-4(13)1-6(14)8(7)15/h1-3H,(H,16,17,18). The Hall–Kier alpha value is -1.53. The van der Waals surface area contributed by atoms with E-state index in [1.807, 2.05) is 0 Å². The lowest BCUT2D eigenvalue weighted by molar-refractivity contribution is 0.498. The van der Waals surface area contributed by atoms with Crippen molar-refractivity contribution in [1.29, 1.82) is 0 Å². The van der Waals surface area contributed by atoms with E-state index >= 15 is 0 Å². The summed E-state index contributed by atoms with van der Waals surface area (Å²) in [4.78, 5) is 7.25. The van der Waals surface area contributed by atoms with Crippen LogP contribution in [0.25, 0.3) is 0 Å². The Kier molecular flexibility index (Phi) is 3.58. The summed E-state index contributed by atoms with van der Waals surface area (Å²) in [6.45, 7) is 0. The molecule has 0 saturated carbocycles. The molecule has 1 aromatic heterocycles. The largest absolute Gasteiger partial charge is 0.336 e. The maximum Gasteiger partial charge on any atom is 0.224 e. The monoisotopic (exact) mass is 293 g/mol. The smallest absolute Gasteiger partial charge is 0.224 e. The van der Waals surface area contributed by atoms with Crippen molar-refractivity contribution in [3.05, 3.63) is 46.1 Å². The zero-order chi connectivity index (χ0) is 13.3. The van der Waals surface area contributed by atoms with Gasteiger partial charge in [-0.3, -0.25) is 0 Å². The number of rotatable bonds is 2. The zero-order valence-corrected chi connectivity index (χ0v) is 10.0. The van der Waals surface area contributed by atoms with Crippen molar-refractivity contribution in [1.82, 2.24) is 9.97 Å². The average Bonchev–Trinajstić information content (AvgIpc) is 2.30. The molecule has 1 N–H and O–H groups in total. The quantitative estimate of drug-likeness (QED) is 0.673. The van der Waals surface area contributed by atoms with E-state index in [1.54, 1.807) is 0 Å². The molecule has 0 aliphatic heterocycles. The van der Waals surface area contributed by atoms with Crippen LogP contribution in [0.15, 0.2) is 18.3 Å². The molecule has 0 bridgehead atoms. The molecule has 0 aliphatic rings. The molecule has 18 heavy (non-hydrogen) atoms. The van der Waals surface area contributed by atoms with Crippen molar-refractivity contribution in [2.75, 3.05) is 5.32 Å². The SMILES string of the molecule is Fc1cc(F)c(F)c(Nc2nc(Cl)ncc2Cl)c1. The zero-order valence-electron chi connectivity index (χ0n) is 8.52. The molecule has 1 heterocycles. The second-order valence-corrected chi connectivity index (χ2v) is 3.95. The van der Waals surface area contributed by atoms with Crippen LogP contribution in [0.1, 0.15) is 0 Å². The molecule has 0 amide bonds. The number of aromatic nitrogens is 2. The third kappa shape index (κ3) is 2.65. The van der Waals surface area contributed by atoms with E-state index in [1.165, 1.54) is 6.20 Å². The summed E-state index contributed by atoms with van der Waals surface area (Å²) in [5.41, 5.74) is -0.441. The summed E-state index contributed by atoms with van der Waals surface area (Å²) >= 11 is 11.2. The van der Waals surface area contributed by atoms with Crippen molar-refractivity contribution in [2.45, 2.75) is 0 Å². The first kappa shape index (κ1) is 12.9. The van der Waals surface area contributed by atoms with Gasteiger partial charge in [0, 0.05) is 12.1 Å². The first-order valence-electron chi connectivity index (χ1n) is 4.57. The van der Waals surface area contributed by atoms with Gasteiger partial charge in [-0.15, -0.1) is 0 Å². The molecule has 8 heteroatoms. The van der Waals surface area contributed by atoms with Gasteiger partial charge in [-0.25, -0.2) is 18.2 Å². The van der Waals surface area contributed by atoms with Crippen LogP contribution < -0.4 is 5.32 Å². The van der Waals surface area contributed by atoms with Crippen LogP contribution in [0.3, 0.4) is 0 Å². The number of hydrogen-bond acceptors (Lipinski definition) is 3. The van der Waals surface area contributed by atoms with Crippen LogP contribution in [0, 0.1) is 17.5 Å². The Labute approximate surface area is 110 Å². The Morgan fingerprint density at radius 2 is 1.83 bits per heavy atom. The Bertz CT molecular complexity index is 607. The van der Waals surface area contributed by atoms with Gasteiger partial charge >= 0.3 is 0 Å². The highest BCUT2D eigenvalue weighted by Gasteiger charge is 2.13. The maximum atomic E-state index is 13.4. The van der Waals surface area contributed by atoms with E-state index in [9.17, 15) is 13.2 Å². The van der Waals surface area contributed by atoms with Crippen LogP contribution in [0.4, 0.5) is 24.7 Å². The van der Waals surface area contributed by atoms with Gasteiger partial charge in [0.25, 0.3) is 0 Å². The molecule has 94 valence electrons. The molecule has 0 atom stereocenters. The predicted molar refractivity (Wildman–Crippen MR) is 61.7 cm³/mol. The van der Waals surface area contributed by atoms with E-state index in [4.69, 9.17) is 23.2 Å². The third-order valence-corrected chi connectivity index (χ3v) is 2.42. The van der Waals surface area contributed by atoms with Crippen LogP contribution in [-0.2, 0) is 0 Å². The van der Waals surface area contributed by atoms with Crippen molar-refractivity contribution < 1.29 is 13.2 Å². The van der Waals surface area contributed by atoms with Gasteiger partial charge in [-0.2, -0.15) is 4.98 Å². The van der Waals surface area contributed by atoms with Crippen LogP contribution >= 0.6 is 23.2 Å². The summed E-state index contributed by atoms with van der Waals surface area (Å²) < 4.78 is 39.3. The van der Waals surface area contributed by atoms with E-state index in [2.05, 4.69) is 15.3 Å². The number of anilines is 2. The molecule has 0 aliphatic carbocycles. The van der Waals surface area contributed by atoms with Crippen molar-refractivity contribution in [2.24, 2.45) is 0 Å². The van der Waals surface area contributed by atoms with Crippen LogP contribution in [0.2, 0.25) is 10.3 Å². The normalized spacial score (nSPS) is 10.5. The fourth-order valence-electron chi connectivity index (χ4n) is 1.21. The van der Waals surface area contributed by atoms with E-state index in [0.29, 0.717) is 6.07 Å². The lowest BCUT2D eigenvalue weighted by Gasteiger charge is -2.08. The third-order valence-electron chi connectivity index (χ3n) is 1.96. The summed E-state index contributed by atoms with van der Waals surface area (Å²) in [5.74, 6) is -3.57. The van der Waals surface area contributed by atoms with Crippen LogP contribution in [-0.4, -0.2) is 9.97 Å². The summed E-state index contributed by atoms with van der Waals surface area (Å²) in [5, 5.41) is 2.23. The molecule has 0 radical (unpaired) electrons. The van der Waals surface area contributed by atoms with Crippen molar-refractivity contribution in [3.63, 3.8) is 0 Å². The van der Waals surface area contributed by atoms with Crippen molar-refractivity contribution >= 4 is 34.7 Å². The minimum absolute atomic E-state index is 0.0310. The Morgan fingerprint density at radius 3 is 2.56 bits per heavy atom. The fraction of sp³-hybridized carbons (Fsp3) is 0. The number of benzene rings is 1. The molecule has 0 unspecified atom stereocenters. The second-order valence-electron chi connectivity index (χ2n) is 3.21. The highest BCUT2D eigenvalue weighted by atomic mass is 35.5. The molecule has 3 nitrogen and oxygen atoms in total. The van der Waals surface area contributed by atoms with Gasteiger partial charge in [0.15, 0.2) is 17.5 Å². The molecular weight excluding hydrogens is 290 g/mol. The highest BCUT2D eigenvalue weighted by Crippen LogP contribution is 2.27. The molecule has 2 rings (SSSR count). The minimum atomic E-state index is -1.33. The van der Waals surface area contributed by atoms with Crippen molar-refractivity contribution in [3.8, 4) is 0 Å². The fourth-order valence-corrected chi connectivity index (χ4v) is 1.48. The average molecular weight is 294 g/mol. The van der Waals surface area contributed by atoms with Gasteiger partial charge in [0.05, 0.1) is 11.9 Å². The van der Waals surface area contributed by atoms with Crippen LogP contribution in [0.5, 0.6) is 0 Å². The van der Waals surface area contributed by atoms with Gasteiger partial charge in [-0.05, 0) is 11.6 Å². The lowest BCUT2D eigenvalue weighted by Crippen LogP contribution is -2.01. The molecular formula is C10H4Cl2F3N3. The number of nitrogens with one attached hydrogen (secondary N) is 1. The number of halogens is 5. The Morgan fingerprint density at radius 1 is 1.11 bits per heavy atom. The van der Waals surface area contributed by atoms with Gasteiger partial charge in [0.1, 0.15) is 10.8 Å². The molecule has 0 fully saturated rings. The van der Waals surface area contributed by atoms with Gasteiger partial charge in [-0.1, -0.05) is 11.6 Å². The Balaban J connectivity index is 2.43. The molecule has 2 aromatic rings. The first-order chi connectivity index (χ1) is 8.47. The summed E-state index contributed by atoms with van der Waals surface area (Å²) in [6.07, 6.45) is 1.17. The summed E-state index contributed by atoms with van der Waals surface area (Å²) in [6, 6.07) is 1.19. The van der Waals surface area contributed by atoms with E-state index in [-0.39, 0.29) is 16.1 Å². The molecule has 0 saturated heterocycles. The van der Waals surface area contributed by atoms with E-state index in [0.717, 1.165) is 6.07 Å².